The van der Waals surface area contributed by atoms with Gasteiger partial charge in [0.25, 0.3) is 5.91 Å². The van der Waals surface area contributed by atoms with Gasteiger partial charge in [-0.3, -0.25) is 9.59 Å². The van der Waals surface area contributed by atoms with Gasteiger partial charge in [0.05, 0.1) is 12.2 Å². The Morgan fingerprint density at radius 3 is 2.46 bits per heavy atom. The molecular formula is C21H22N2O4S. The molecule has 2 amide bonds. The van der Waals surface area contributed by atoms with Crippen molar-refractivity contribution in [3.63, 3.8) is 0 Å². The minimum absolute atomic E-state index is 0.140. The van der Waals surface area contributed by atoms with Crippen LogP contribution >= 0.6 is 11.8 Å². The fraction of sp³-hybridized carbons (Fsp3) is 0.190. The van der Waals surface area contributed by atoms with Crippen LogP contribution in [0.1, 0.15) is 5.56 Å². The van der Waals surface area contributed by atoms with Gasteiger partial charge in [0.2, 0.25) is 5.91 Å². The standard InChI is InChI=1S/C21H22N2O4S/c1-23(14-19(24)22-17-10-6-7-11-18(17)28-2)20(25)15-27-21(26)13-12-16-8-4-3-5-9-16/h3-13H,14-15H2,1-2H3,(H,22,24)/b13-12+. The fourth-order valence-electron chi connectivity index (χ4n) is 2.26. The molecule has 2 aromatic rings. The number of hydrogen-bond donors (Lipinski definition) is 1. The van der Waals surface area contributed by atoms with Gasteiger partial charge in [-0.05, 0) is 30.0 Å². The number of ether oxygens (including phenoxy) is 1. The summed E-state index contributed by atoms with van der Waals surface area (Å²) in [6, 6.07) is 16.7. The Labute approximate surface area is 168 Å². The molecule has 0 atom stereocenters. The molecule has 6 nitrogen and oxygen atoms in total. The van der Waals surface area contributed by atoms with Crippen molar-refractivity contribution in [2.75, 3.05) is 31.8 Å². The number of rotatable bonds is 8. The molecule has 0 aromatic heterocycles. The highest BCUT2D eigenvalue weighted by Crippen LogP contribution is 2.24. The maximum Gasteiger partial charge on any atom is 0.331 e. The normalized spacial score (nSPS) is 10.5. The maximum absolute atomic E-state index is 12.2. The van der Waals surface area contributed by atoms with Crippen LogP contribution in [0, 0.1) is 0 Å². The third-order valence-corrected chi connectivity index (χ3v) is 4.53. The summed E-state index contributed by atoms with van der Waals surface area (Å²) in [4.78, 5) is 38.1. The number of thioether (sulfide) groups is 1. The molecule has 0 saturated heterocycles. The predicted octanol–water partition coefficient (Wildman–Crippen LogP) is 3.06. The van der Waals surface area contributed by atoms with Crippen molar-refractivity contribution < 1.29 is 19.1 Å². The number of anilines is 1. The Morgan fingerprint density at radius 2 is 1.75 bits per heavy atom. The summed E-state index contributed by atoms with van der Waals surface area (Å²) in [6.07, 6.45) is 4.78. The maximum atomic E-state index is 12.2. The molecule has 0 fully saturated rings. The first kappa shape index (κ1) is 21.2. The quantitative estimate of drug-likeness (QED) is 0.420. The van der Waals surface area contributed by atoms with Gasteiger partial charge >= 0.3 is 5.97 Å². The lowest BCUT2D eigenvalue weighted by molar-refractivity contribution is -0.148. The second-order valence-corrected chi connectivity index (χ2v) is 6.70. The molecule has 0 bridgehead atoms. The Morgan fingerprint density at radius 1 is 1.07 bits per heavy atom. The molecule has 2 rings (SSSR count). The zero-order chi connectivity index (χ0) is 20.4. The van der Waals surface area contributed by atoms with Gasteiger partial charge in [-0.1, -0.05) is 42.5 Å². The van der Waals surface area contributed by atoms with Gasteiger partial charge in [0.15, 0.2) is 6.61 Å². The number of nitrogens with one attached hydrogen (secondary N) is 1. The highest BCUT2D eigenvalue weighted by molar-refractivity contribution is 7.98. The van der Waals surface area contributed by atoms with E-state index in [-0.39, 0.29) is 12.5 Å². The number of hydrogen-bond acceptors (Lipinski definition) is 5. The van der Waals surface area contributed by atoms with Crippen molar-refractivity contribution in [2.45, 2.75) is 4.90 Å². The van der Waals surface area contributed by atoms with E-state index in [1.807, 2.05) is 54.8 Å². The van der Waals surface area contributed by atoms with Gasteiger partial charge in [-0.25, -0.2) is 4.79 Å². The van der Waals surface area contributed by atoms with E-state index >= 15 is 0 Å². The smallest absolute Gasteiger partial charge is 0.331 e. The zero-order valence-corrected chi connectivity index (χ0v) is 16.6. The molecule has 28 heavy (non-hydrogen) atoms. The summed E-state index contributed by atoms with van der Waals surface area (Å²) in [5.74, 6) is -1.41. The van der Waals surface area contributed by atoms with Crippen LogP contribution in [0.2, 0.25) is 0 Å². The number of para-hydroxylation sites is 1. The topological polar surface area (TPSA) is 75.7 Å². The van der Waals surface area contributed by atoms with E-state index in [1.54, 1.807) is 12.1 Å². The van der Waals surface area contributed by atoms with Crippen LogP contribution in [0.3, 0.4) is 0 Å². The lowest BCUT2D eigenvalue weighted by Crippen LogP contribution is -2.37. The van der Waals surface area contributed by atoms with Crippen molar-refractivity contribution in [3.8, 4) is 0 Å². The SMILES string of the molecule is CSc1ccccc1NC(=O)CN(C)C(=O)COC(=O)/C=C/c1ccccc1. The number of benzene rings is 2. The van der Waals surface area contributed by atoms with Crippen molar-refractivity contribution in [1.82, 2.24) is 4.90 Å². The first-order valence-corrected chi connectivity index (χ1v) is 9.79. The molecule has 0 radical (unpaired) electrons. The first-order valence-electron chi connectivity index (χ1n) is 8.56. The number of carbonyl (C=O) groups is 3. The number of nitrogens with zero attached hydrogens (tertiary/aromatic N) is 1. The van der Waals surface area contributed by atoms with Crippen LogP contribution in [0.25, 0.3) is 6.08 Å². The highest BCUT2D eigenvalue weighted by Gasteiger charge is 2.15. The van der Waals surface area contributed by atoms with Crippen LogP contribution in [0.15, 0.2) is 65.6 Å². The third-order valence-electron chi connectivity index (χ3n) is 3.74. The Kier molecular flexibility index (Phi) is 8.30. The lowest BCUT2D eigenvalue weighted by atomic mass is 10.2. The van der Waals surface area contributed by atoms with Gasteiger partial charge in [-0.15, -0.1) is 11.8 Å². The van der Waals surface area contributed by atoms with Crippen LogP contribution < -0.4 is 5.32 Å². The Bertz CT molecular complexity index is 852. The van der Waals surface area contributed by atoms with Crippen molar-refractivity contribution in [2.24, 2.45) is 0 Å². The van der Waals surface area contributed by atoms with E-state index in [0.717, 1.165) is 10.5 Å². The van der Waals surface area contributed by atoms with E-state index in [9.17, 15) is 14.4 Å². The summed E-state index contributed by atoms with van der Waals surface area (Å²) in [5, 5.41) is 2.78. The van der Waals surface area contributed by atoms with E-state index in [0.29, 0.717) is 5.69 Å². The average molecular weight is 398 g/mol. The van der Waals surface area contributed by atoms with Gasteiger partial charge in [0.1, 0.15) is 0 Å². The number of esters is 1. The van der Waals surface area contributed by atoms with Crippen LogP contribution in [0.5, 0.6) is 0 Å². The molecule has 0 heterocycles. The highest BCUT2D eigenvalue weighted by atomic mass is 32.2. The Balaban J connectivity index is 1.78. The molecule has 2 aromatic carbocycles. The summed E-state index contributed by atoms with van der Waals surface area (Å²) in [7, 11) is 1.48. The van der Waals surface area contributed by atoms with E-state index in [2.05, 4.69) is 5.32 Å². The third kappa shape index (κ3) is 6.92. The second kappa shape index (κ2) is 10.9. The number of carbonyl (C=O) groups excluding carboxylic acids is 3. The molecule has 0 aliphatic rings. The number of likely N-dealkylation sites (N-methyl/N-ethyl adjacent to an activating group) is 1. The minimum atomic E-state index is -0.621. The minimum Gasteiger partial charge on any atom is -0.452 e. The molecular weight excluding hydrogens is 376 g/mol. The van der Waals surface area contributed by atoms with E-state index < -0.39 is 18.5 Å². The molecule has 0 aliphatic heterocycles. The number of amides is 2. The molecule has 7 heteroatoms. The summed E-state index contributed by atoms with van der Waals surface area (Å²) in [6.45, 7) is -0.567. The summed E-state index contributed by atoms with van der Waals surface area (Å²) < 4.78 is 4.93. The molecule has 1 N–H and O–H groups in total. The summed E-state index contributed by atoms with van der Waals surface area (Å²) in [5.41, 5.74) is 1.54. The first-order chi connectivity index (χ1) is 13.5. The van der Waals surface area contributed by atoms with Gasteiger partial charge in [-0.2, -0.15) is 0 Å². The molecule has 0 saturated carbocycles. The van der Waals surface area contributed by atoms with E-state index in [4.69, 9.17) is 4.74 Å². The fourth-order valence-corrected chi connectivity index (χ4v) is 2.81. The van der Waals surface area contributed by atoms with Crippen LogP contribution in [0.4, 0.5) is 5.69 Å². The molecule has 0 aliphatic carbocycles. The van der Waals surface area contributed by atoms with Crippen molar-refractivity contribution >= 4 is 41.3 Å². The lowest BCUT2D eigenvalue weighted by Gasteiger charge is -2.17. The monoisotopic (exact) mass is 398 g/mol. The summed E-state index contributed by atoms with van der Waals surface area (Å²) >= 11 is 1.52. The molecule has 0 spiro atoms. The second-order valence-electron chi connectivity index (χ2n) is 5.85. The molecule has 0 unspecified atom stereocenters. The van der Waals surface area contributed by atoms with Crippen molar-refractivity contribution in [3.05, 3.63) is 66.2 Å². The van der Waals surface area contributed by atoms with Crippen LogP contribution in [-0.2, 0) is 19.1 Å². The largest absolute Gasteiger partial charge is 0.452 e. The molecule has 146 valence electrons. The van der Waals surface area contributed by atoms with Crippen LogP contribution in [-0.4, -0.2) is 49.1 Å². The van der Waals surface area contributed by atoms with Gasteiger partial charge < -0.3 is 15.0 Å². The average Bonchev–Trinajstić information content (AvgIpc) is 2.71. The predicted molar refractivity (Wildman–Crippen MR) is 111 cm³/mol. The Hall–Kier alpha value is -3.06. The zero-order valence-electron chi connectivity index (χ0n) is 15.8. The van der Waals surface area contributed by atoms with Gasteiger partial charge in [0, 0.05) is 18.0 Å². The van der Waals surface area contributed by atoms with Crippen molar-refractivity contribution in [1.29, 1.82) is 0 Å². The van der Waals surface area contributed by atoms with E-state index in [1.165, 1.54) is 29.8 Å².